The first-order valence-corrected chi connectivity index (χ1v) is 6.18. The lowest BCUT2D eigenvalue weighted by Crippen LogP contribution is -2.17. The minimum Gasteiger partial charge on any atom is -0.329 e. The first-order valence-electron chi connectivity index (χ1n) is 6.18. The van der Waals surface area contributed by atoms with E-state index in [0.29, 0.717) is 5.92 Å². The van der Waals surface area contributed by atoms with E-state index in [1.54, 1.807) is 0 Å². The van der Waals surface area contributed by atoms with E-state index >= 15 is 0 Å². The van der Waals surface area contributed by atoms with Crippen LogP contribution in [-0.4, -0.2) is 35.1 Å². The minimum absolute atomic E-state index is 0.524. The van der Waals surface area contributed by atoms with Gasteiger partial charge in [-0.3, -0.25) is 0 Å². The van der Waals surface area contributed by atoms with E-state index in [0.717, 1.165) is 18.6 Å². The molecule has 1 aromatic carbocycles. The van der Waals surface area contributed by atoms with Crippen molar-refractivity contribution in [1.29, 1.82) is 0 Å². The van der Waals surface area contributed by atoms with E-state index < -0.39 is 0 Å². The molecular weight excluding hydrogens is 210 g/mol. The zero-order valence-corrected chi connectivity index (χ0v) is 11.1. The van der Waals surface area contributed by atoms with Crippen LogP contribution in [0.3, 0.4) is 0 Å². The Hall–Kier alpha value is -1.35. The van der Waals surface area contributed by atoms with Gasteiger partial charge in [-0.25, -0.2) is 4.98 Å². The van der Waals surface area contributed by atoms with Crippen molar-refractivity contribution in [2.75, 3.05) is 20.6 Å². The number of rotatable bonds is 4. The Bertz CT molecular complexity index is 497. The summed E-state index contributed by atoms with van der Waals surface area (Å²) in [5, 5.41) is 0. The first-order chi connectivity index (χ1) is 8.09. The van der Waals surface area contributed by atoms with Gasteiger partial charge in [-0.2, -0.15) is 0 Å². The predicted octanol–water partition coefficient (Wildman–Crippen LogP) is 2.72. The van der Waals surface area contributed by atoms with Gasteiger partial charge < -0.3 is 9.47 Å². The van der Waals surface area contributed by atoms with Crippen molar-refractivity contribution in [3.63, 3.8) is 0 Å². The normalized spacial score (nSPS) is 11.9. The second-order valence-corrected chi connectivity index (χ2v) is 5.11. The van der Waals surface area contributed by atoms with Crippen LogP contribution in [0.1, 0.15) is 25.3 Å². The summed E-state index contributed by atoms with van der Waals surface area (Å²) >= 11 is 0. The van der Waals surface area contributed by atoms with Crippen LogP contribution in [0.15, 0.2) is 24.5 Å². The molecule has 17 heavy (non-hydrogen) atoms. The number of aromatic nitrogens is 2. The number of fused-ring (bicyclic) bond motifs is 1. The second-order valence-electron chi connectivity index (χ2n) is 5.11. The average Bonchev–Trinajstić information content (AvgIpc) is 2.68. The van der Waals surface area contributed by atoms with Gasteiger partial charge in [0.25, 0.3) is 0 Å². The summed E-state index contributed by atoms with van der Waals surface area (Å²) in [6.07, 6.45) is 1.96. The predicted molar refractivity (Wildman–Crippen MR) is 72.4 cm³/mol. The van der Waals surface area contributed by atoms with Crippen molar-refractivity contribution < 1.29 is 0 Å². The zero-order valence-electron chi connectivity index (χ0n) is 11.1. The molecule has 0 aliphatic heterocycles. The molecule has 0 unspecified atom stereocenters. The number of benzene rings is 1. The molecule has 2 aromatic rings. The molecule has 0 aliphatic rings. The van der Waals surface area contributed by atoms with Crippen molar-refractivity contribution in [3.05, 3.63) is 30.1 Å². The molecule has 3 heteroatoms. The molecule has 0 amide bonds. The van der Waals surface area contributed by atoms with E-state index in [-0.39, 0.29) is 0 Å². The van der Waals surface area contributed by atoms with Gasteiger partial charge in [0.05, 0.1) is 17.4 Å². The summed E-state index contributed by atoms with van der Waals surface area (Å²) in [6, 6.07) is 6.46. The molecule has 0 spiro atoms. The summed E-state index contributed by atoms with van der Waals surface area (Å²) in [4.78, 5) is 6.75. The molecule has 1 heterocycles. The Morgan fingerprint density at radius 2 is 2.06 bits per heavy atom. The Labute approximate surface area is 103 Å². The van der Waals surface area contributed by atoms with Crippen LogP contribution in [0.5, 0.6) is 0 Å². The third kappa shape index (κ3) is 2.50. The average molecular weight is 231 g/mol. The maximum absolute atomic E-state index is 4.56. The minimum atomic E-state index is 0.524. The van der Waals surface area contributed by atoms with Crippen LogP contribution in [0.4, 0.5) is 0 Å². The smallest absolute Gasteiger partial charge is 0.0958 e. The Morgan fingerprint density at radius 1 is 1.29 bits per heavy atom. The Kier molecular flexibility index (Phi) is 3.48. The van der Waals surface area contributed by atoms with Gasteiger partial charge in [0.15, 0.2) is 0 Å². The molecule has 0 saturated carbocycles. The van der Waals surface area contributed by atoms with Crippen molar-refractivity contribution >= 4 is 11.0 Å². The van der Waals surface area contributed by atoms with E-state index in [1.165, 1.54) is 11.1 Å². The van der Waals surface area contributed by atoms with E-state index in [1.807, 2.05) is 6.33 Å². The molecule has 0 aliphatic carbocycles. The van der Waals surface area contributed by atoms with Crippen LogP contribution in [0.2, 0.25) is 0 Å². The topological polar surface area (TPSA) is 21.1 Å². The monoisotopic (exact) mass is 231 g/mol. The van der Waals surface area contributed by atoms with Crippen molar-refractivity contribution in [2.24, 2.45) is 0 Å². The summed E-state index contributed by atoms with van der Waals surface area (Å²) in [6.45, 7) is 6.46. The fourth-order valence-corrected chi connectivity index (χ4v) is 2.06. The van der Waals surface area contributed by atoms with Crippen molar-refractivity contribution in [1.82, 2.24) is 14.5 Å². The molecule has 3 nitrogen and oxygen atoms in total. The SMILES string of the molecule is CC(C)c1cccc2c1ncn2CCN(C)C. The van der Waals surface area contributed by atoms with E-state index in [4.69, 9.17) is 0 Å². The van der Waals surface area contributed by atoms with E-state index in [2.05, 4.69) is 60.6 Å². The lowest BCUT2D eigenvalue weighted by Gasteiger charge is -2.11. The zero-order chi connectivity index (χ0) is 12.4. The molecule has 2 rings (SSSR count). The fraction of sp³-hybridized carbons (Fsp3) is 0.500. The number of nitrogens with zero attached hydrogens (tertiary/aromatic N) is 3. The summed E-state index contributed by atoms with van der Waals surface area (Å²) in [5.74, 6) is 0.524. The van der Waals surface area contributed by atoms with Gasteiger partial charge in [-0.15, -0.1) is 0 Å². The van der Waals surface area contributed by atoms with Crippen LogP contribution in [0, 0.1) is 0 Å². The maximum atomic E-state index is 4.56. The fourth-order valence-electron chi connectivity index (χ4n) is 2.06. The standard InChI is InChI=1S/C14H21N3/c1-11(2)12-6-5-7-13-14(12)15-10-17(13)9-8-16(3)4/h5-7,10-11H,8-9H2,1-4H3. The van der Waals surface area contributed by atoms with Gasteiger partial charge in [0.1, 0.15) is 0 Å². The molecule has 92 valence electrons. The summed E-state index contributed by atoms with van der Waals surface area (Å²) in [7, 11) is 4.19. The molecule has 0 fully saturated rings. The lowest BCUT2D eigenvalue weighted by molar-refractivity contribution is 0.386. The highest BCUT2D eigenvalue weighted by Crippen LogP contribution is 2.23. The first kappa shape index (κ1) is 12.1. The van der Waals surface area contributed by atoms with Gasteiger partial charge in [0.2, 0.25) is 0 Å². The highest BCUT2D eigenvalue weighted by Gasteiger charge is 2.09. The highest BCUT2D eigenvalue weighted by atomic mass is 15.1. The highest BCUT2D eigenvalue weighted by molar-refractivity contribution is 5.79. The number of hydrogen-bond acceptors (Lipinski definition) is 2. The van der Waals surface area contributed by atoms with Crippen LogP contribution in [0.25, 0.3) is 11.0 Å². The third-order valence-electron chi connectivity index (χ3n) is 3.09. The van der Waals surface area contributed by atoms with Crippen molar-refractivity contribution in [3.8, 4) is 0 Å². The number of likely N-dealkylation sites (N-methyl/N-ethyl adjacent to an activating group) is 1. The largest absolute Gasteiger partial charge is 0.329 e. The molecule has 0 atom stereocenters. The van der Waals surface area contributed by atoms with Crippen LogP contribution < -0.4 is 0 Å². The van der Waals surface area contributed by atoms with Crippen LogP contribution >= 0.6 is 0 Å². The van der Waals surface area contributed by atoms with E-state index in [9.17, 15) is 0 Å². The third-order valence-corrected chi connectivity index (χ3v) is 3.09. The number of imidazole rings is 1. The van der Waals surface area contributed by atoms with Gasteiger partial charge in [-0.05, 0) is 31.6 Å². The molecule has 0 radical (unpaired) electrons. The molecule has 1 aromatic heterocycles. The van der Waals surface area contributed by atoms with Gasteiger partial charge in [-0.1, -0.05) is 26.0 Å². The van der Waals surface area contributed by atoms with Gasteiger partial charge >= 0.3 is 0 Å². The molecule has 0 N–H and O–H groups in total. The Morgan fingerprint density at radius 3 is 2.71 bits per heavy atom. The van der Waals surface area contributed by atoms with Crippen molar-refractivity contribution in [2.45, 2.75) is 26.3 Å². The Balaban J connectivity index is 2.37. The molecule has 0 bridgehead atoms. The summed E-state index contributed by atoms with van der Waals surface area (Å²) < 4.78 is 2.24. The molecular formula is C14H21N3. The molecule has 0 saturated heterocycles. The number of hydrogen-bond donors (Lipinski definition) is 0. The van der Waals surface area contributed by atoms with Gasteiger partial charge in [0, 0.05) is 13.1 Å². The maximum Gasteiger partial charge on any atom is 0.0958 e. The lowest BCUT2D eigenvalue weighted by atomic mass is 10.0. The second kappa shape index (κ2) is 4.88. The summed E-state index contributed by atoms with van der Waals surface area (Å²) in [5.41, 5.74) is 3.74. The quantitative estimate of drug-likeness (QED) is 0.806. The van der Waals surface area contributed by atoms with Crippen LogP contribution in [-0.2, 0) is 6.54 Å². The number of para-hydroxylation sites is 1.